The number of hydrogen-bond acceptors (Lipinski definition) is 4. The molecule has 0 spiro atoms. The summed E-state index contributed by atoms with van der Waals surface area (Å²) in [6.45, 7) is 3.71. The Kier molecular flexibility index (Phi) is 6.79. The van der Waals surface area contributed by atoms with Crippen LogP contribution in [0.15, 0.2) is 12.5 Å². The first-order valence-electron chi connectivity index (χ1n) is 5.22. The standard InChI is InChI=1S/C10H18N4O2.ClH/c1-6(11)7(2)14-9(10(15)16)3-8-4-12-5-13-8;/h4-7,9,14H,3,11H2,1-2H3,(H,12,13)(H,15,16);1H. The molecule has 5 N–H and O–H groups in total. The SMILES string of the molecule is CC(N)C(C)NC(Cc1cnc[nH]1)C(=O)O.Cl. The molecule has 0 amide bonds. The predicted molar refractivity (Wildman–Crippen MR) is 67.2 cm³/mol. The number of imidazole rings is 1. The Morgan fingerprint density at radius 2 is 2.29 bits per heavy atom. The molecular formula is C10H19ClN4O2. The first kappa shape index (κ1) is 15.9. The van der Waals surface area contributed by atoms with Gasteiger partial charge in [-0.15, -0.1) is 12.4 Å². The lowest BCUT2D eigenvalue weighted by Gasteiger charge is -2.22. The highest BCUT2D eigenvalue weighted by Gasteiger charge is 2.21. The van der Waals surface area contributed by atoms with Crippen molar-refractivity contribution in [3.63, 3.8) is 0 Å². The Bertz CT molecular complexity index is 329. The number of halogens is 1. The number of carboxylic acid groups (broad SMARTS) is 1. The number of nitrogens with zero attached hydrogens (tertiary/aromatic N) is 1. The van der Waals surface area contributed by atoms with E-state index in [1.54, 1.807) is 6.20 Å². The van der Waals surface area contributed by atoms with Crippen LogP contribution in [0.1, 0.15) is 19.5 Å². The molecule has 1 aromatic heterocycles. The third-order valence-corrected chi connectivity index (χ3v) is 2.53. The van der Waals surface area contributed by atoms with Gasteiger partial charge in [0, 0.05) is 30.4 Å². The summed E-state index contributed by atoms with van der Waals surface area (Å²) in [5, 5.41) is 12.0. The minimum absolute atomic E-state index is 0. The minimum Gasteiger partial charge on any atom is -0.480 e. The van der Waals surface area contributed by atoms with Crippen LogP contribution in [0.4, 0.5) is 0 Å². The second-order valence-corrected chi connectivity index (χ2v) is 3.99. The van der Waals surface area contributed by atoms with Gasteiger partial charge in [0.05, 0.1) is 6.33 Å². The molecule has 0 aromatic carbocycles. The maximum absolute atomic E-state index is 11.0. The van der Waals surface area contributed by atoms with Crippen LogP contribution in [0.25, 0.3) is 0 Å². The lowest BCUT2D eigenvalue weighted by Crippen LogP contribution is -2.50. The average Bonchev–Trinajstić information content (AvgIpc) is 2.68. The molecule has 0 radical (unpaired) electrons. The first-order chi connectivity index (χ1) is 7.50. The Labute approximate surface area is 106 Å². The largest absolute Gasteiger partial charge is 0.480 e. The number of nitrogens with two attached hydrogens (primary N) is 1. The Morgan fingerprint density at radius 1 is 1.65 bits per heavy atom. The molecule has 17 heavy (non-hydrogen) atoms. The highest BCUT2D eigenvalue weighted by molar-refractivity contribution is 5.85. The molecule has 0 saturated heterocycles. The van der Waals surface area contributed by atoms with Crippen LogP contribution in [0.5, 0.6) is 0 Å². The quantitative estimate of drug-likeness (QED) is 0.584. The normalized spacial score (nSPS) is 15.7. The van der Waals surface area contributed by atoms with Gasteiger partial charge in [-0.3, -0.25) is 4.79 Å². The molecule has 98 valence electrons. The smallest absolute Gasteiger partial charge is 0.321 e. The molecule has 0 fully saturated rings. The van der Waals surface area contributed by atoms with Crippen LogP contribution >= 0.6 is 12.4 Å². The number of hydrogen-bond donors (Lipinski definition) is 4. The zero-order valence-electron chi connectivity index (χ0n) is 9.88. The Balaban J connectivity index is 0.00000256. The number of aromatic nitrogens is 2. The van der Waals surface area contributed by atoms with Crippen LogP contribution in [-0.2, 0) is 11.2 Å². The van der Waals surface area contributed by atoms with E-state index < -0.39 is 12.0 Å². The van der Waals surface area contributed by atoms with Crippen LogP contribution < -0.4 is 11.1 Å². The molecule has 0 aliphatic heterocycles. The van der Waals surface area contributed by atoms with Crippen molar-refractivity contribution in [2.75, 3.05) is 0 Å². The lowest BCUT2D eigenvalue weighted by molar-refractivity contribution is -0.139. The van der Waals surface area contributed by atoms with Gasteiger partial charge in [-0.2, -0.15) is 0 Å². The highest BCUT2D eigenvalue weighted by Crippen LogP contribution is 2.01. The maximum atomic E-state index is 11.0. The van der Waals surface area contributed by atoms with Crippen molar-refractivity contribution in [3.05, 3.63) is 18.2 Å². The zero-order valence-corrected chi connectivity index (χ0v) is 10.7. The molecule has 1 aromatic rings. The van der Waals surface area contributed by atoms with Gasteiger partial charge in [0.1, 0.15) is 6.04 Å². The third kappa shape index (κ3) is 5.16. The van der Waals surface area contributed by atoms with Crippen molar-refractivity contribution in [3.8, 4) is 0 Å². The van der Waals surface area contributed by atoms with Gasteiger partial charge in [0.2, 0.25) is 0 Å². The van der Waals surface area contributed by atoms with Gasteiger partial charge in [-0.25, -0.2) is 4.98 Å². The van der Waals surface area contributed by atoms with Crippen LogP contribution in [0, 0.1) is 0 Å². The van der Waals surface area contributed by atoms with E-state index in [2.05, 4.69) is 15.3 Å². The molecule has 7 heteroatoms. The van der Waals surface area contributed by atoms with Crippen molar-refractivity contribution < 1.29 is 9.90 Å². The van der Waals surface area contributed by atoms with E-state index in [4.69, 9.17) is 10.8 Å². The fourth-order valence-electron chi connectivity index (χ4n) is 1.30. The number of carboxylic acids is 1. The summed E-state index contributed by atoms with van der Waals surface area (Å²) < 4.78 is 0. The predicted octanol–water partition coefficient (Wildman–Crippen LogP) is 0.153. The van der Waals surface area contributed by atoms with E-state index >= 15 is 0 Å². The summed E-state index contributed by atoms with van der Waals surface area (Å²) >= 11 is 0. The zero-order chi connectivity index (χ0) is 12.1. The van der Waals surface area contributed by atoms with Crippen molar-refractivity contribution in [2.45, 2.75) is 38.4 Å². The molecular weight excluding hydrogens is 244 g/mol. The summed E-state index contributed by atoms with van der Waals surface area (Å²) in [5.74, 6) is -0.887. The maximum Gasteiger partial charge on any atom is 0.321 e. The second-order valence-electron chi connectivity index (χ2n) is 3.99. The van der Waals surface area contributed by atoms with Crippen LogP contribution in [0.2, 0.25) is 0 Å². The summed E-state index contributed by atoms with van der Waals surface area (Å²) in [4.78, 5) is 17.8. The third-order valence-electron chi connectivity index (χ3n) is 2.53. The van der Waals surface area contributed by atoms with Crippen molar-refractivity contribution >= 4 is 18.4 Å². The molecule has 0 saturated carbocycles. The van der Waals surface area contributed by atoms with Gasteiger partial charge in [0.25, 0.3) is 0 Å². The number of aliphatic carboxylic acids is 1. The monoisotopic (exact) mass is 262 g/mol. The first-order valence-corrected chi connectivity index (χ1v) is 5.22. The van der Waals surface area contributed by atoms with Gasteiger partial charge in [-0.05, 0) is 13.8 Å². The average molecular weight is 263 g/mol. The number of nitrogens with one attached hydrogen (secondary N) is 2. The van der Waals surface area contributed by atoms with Gasteiger partial charge in [-0.1, -0.05) is 0 Å². The van der Waals surface area contributed by atoms with Gasteiger partial charge in [0.15, 0.2) is 0 Å². The van der Waals surface area contributed by atoms with Gasteiger partial charge < -0.3 is 21.1 Å². The Hall–Kier alpha value is -1.11. The number of rotatable bonds is 6. The molecule has 1 heterocycles. The fraction of sp³-hybridized carbons (Fsp3) is 0.600. The summed E-state index contributed by atoms with van der Waals surface area (Å²) in [5.41, 5.74) is 6.47. The topological polar surface area (TPSA) is 104 Å². The fourth-order valence-corrected chi connectivity index (χ4v) is 1.30. The van der Waals surface area contributed by atoms with Crippen molar-refractivity contribution in [1.82, 2.24) is 15.3 Å². The number of H-pyrrole nitrogens is 1. The molecule has 1 rings (SSSR count). The molecule has 3 atom stereocenters. The van der Waals surface area contributed by atoms with Crippen LogP contribution in [-0.4, -0.2) is 39.2 Å². The van der Waals surface area contributed by atoms with E-state index in [1.807, 2.05) is 13.8 Å². The molecule has 3 unspecified atom stereocenters. The minimum atomic E-state index is -0.887. The summed E-state index contributed by atoms with van der Waals surface area (Å²) in [6, 6.07) is -0.797. The van der Waals surface area contributed by atoms with Crippen LogP contribution in [0.3, 0.4) is 0 Å². The van der Waals surface area contributed by atoms with Gasteiger partial charge >= 0.3 is 5.97 Å². The molecule has 0 aliphatic rings. The second kappa shape index (κ2) is 7.26. The van der Waals surface area contributed by atoms with Crippen molar-refractivity contribution in [2.24, 2.45) is 5.73 Å². The lowest BCUT2D eigenvalue weighted by atomic mass is 10.1. The Morgan fingerprint density at radius 3 is 2.71 bits per heavy atom. The van der Waals surface area contributed by atoms with E-state index in [-0.39, 0.29) is 24.5 Å². The highest BCUT2D eigenvalue weighted by atomic mass is 35.5. The van der Waals surface area contributed by atoms with E-state index in [0.717, 1.165) is 5.69 Å². The molecule has 6 nitrogen and oxygen atoms in total. The molecule has 0 aliphatic carbocycles. The number of aromatic amines is 1. The summed E-state index contributed by atoms with van der Waals surface area (Å²) in [7, 11) is 0. The molecule has 0 bridgehead atoms. The van der Waals surface area contributed by atoms with E-state index in [0.29, 0.717) is 6.42 Å². The van der Waals surface area contributed by atoms with E-state index in [1.165, 1.54) is 6.33 Å². The summed E-state index contributed by atoms with van der Waals surface area (Å²) in [6.07, 6.45) is 3.52. The van der Waals surface area contributed by atoms with E-state index in [9.17, 15) is 4.79 Å². The van der Waals surface area contributed by atoms with Crippen molar-refractivity contribution in [1.29, 1.82) is 0 Å². The number of carbonyl (C=O) groups is 1.